The molecule has 1 aromatic carbocycles. The largest absolute Gasteiger partial charge is 0.486 e. The molecule has 1 aromatic rings. The topological polar surface area (TPSA) is 38.7 Å². The molecule has 2 aliphatic rings. The molecular formula is C12H13ClO3. The highest BCUT2D eigenvalue weighted by Gasteiger charge is 2.29. The van der Waals surface area contributed by atoms with E-state index >= 15 is 0 Å². The van der Waals surface area contributed by atoms with E-state index in [1.54, 1.807) is 6.07 Å². The number of hydrogen-bond donors (Lipinski definition) is 1. The number of aliphatic hydroxyl groups excluding tert-OH is 1. The minimum Gasteiger partial charge on any atom is -0.486 e. The normalized spacial score (nSPS) is 22.8. The first-order valence-electron chi connectivity index (χ1n) is 5.56. The standard InChI is InChI=1S/C12H13ClO3/c13-8-6-10-12(16-5-4-15-10)11-7(8)2-1-3-9(11)14/h6,9,14H,1-5H2. The zero-order chi connectivity index (χ0) is 11.1. The van der Waals surface area contributed by atoms with Gasteiger partial charge < -0.3 is 14.6 Å². The summed E-state index contributed by atoms with van der Waals surface area (Å²) in [5.74, 6) is 1.36. The second kappa shape index (κ2) is 3.82. The lowest BCUT2D eigenvalue weighted by Crippen LogP contribution is -2.20. The van der Waals surface area contributed by atoms with Gasteiger partial charge in [-0.05, 0) is 24.8 Å². The lowest BCUT2D eigenvalue weighted by atomic mass is 9.88. The van der Waals surface area contributed by atoms with Crippen LogP contribution in [-0.2, 0) is 6.42 Å². The van der Waals surface area contributed by atoms with Crippen LogP contribution in [0.15, 0.2) is 6.07 Å². The monoisotopic (exact) mass is 240 g/mol. The molecule has 3 rings (SSSR count). The molecule has 0 radical (unpaired) electrons. The summed E-state index contributed by atoms with van der Waals surface area (Å²) in [6.45, 7) is 1.08. The fraction of sp³-hybridized carbons (Fsp3) is 0.500. The second-order valence-electron chi connectivity index (χ2n) is 4.18. The first-order valence-corrected chi connectivity index (χ1v) is 5.94. The van der Waals surface area contributed by atoms with Gasteiger partial charge in [-0.25, -0.2) is 0 Å². The van der Waals surface area contributed by atoms with E-state index in [0.29, 0.717) is 29.7 Å². The van der Waals surface area contributed by atoms with Gasteiger partial charge in [0.15, 0.2) is 11.5 Å². The highest BCUT2D eigenvalue weighted by Crippen LogP contribution is 2.46. The minimum atomic E-state index is -0.474. The first kappa shape index (κ1) is 10.2. The zero-order valence-electron chi connectivity index (χ0n) is 8.83. The van der Waals surface area contributed by atoms with Crippen LogP contribution in [0.3, 0.4) is 0 Å². The SMILES string of the molecule is OC1CCCc2c(Cl)cc3c(c21)OCCO3. The van der Waals surface area contributed by atoms with E-state index in [1.165, 1.54) is 0 Å². The lowest BCUT2D eigenvalue weighted by molar-refractivity contribution is 0.133. The van der Waals surface area contributed by atoms with Crippen molar-refractivity contribution in [3.05, 3.63) is 22.2 Å². The van der Waals surface area contributed by atoms with Gasteiger partial charge in [0, 0.05) is 16.7 Å². The maximum absolute atomic E-state index is 10.0. The summed E-state index contributed by atoms with van der Waals surface area (Å²) in [5, 5.41) is 10.7. The van der Waals surface area contributed by atoms with Crippen molar-refractivity contribution in [2.45, 2.75) is 25.4 Å². The van der Waals surface area contributed by atoms with Gasteiger partial charge in [0.25, 0.3) is 0 Å². The van der Waals surface area contributed by atoms with Crippen LogP contribution in [0.5, 0.6) is 11.5 Å². The Morgan fingerprint density at radius 1 is 1.31 bits per heavy atom. The Bertz CT molecular complexity index is 431. The number of hydrogen-bond acceptors (Lipinski definition) is 3. The third-order valence-corrected chi connectivity index (χ3v) is 3.50. The smallest absolute Gasteiger partial charge is 0.167 e. The molecule has 1 aliphatic carbocycles. The van der Waals surface area contributed by atoms with Gasteiger partial charge in [0.2, 0.25) is 0 Å². The third kappa shape index (κ3) is 1.46. The van der Waals surface area contributed by atoms with Crippen molar-refractivity contribution in [3.8, 4) is 11.5 Å². The molecule has 0 aromatic heterocycles. The molecule has 0 amide bonds. The quantitative estimate of drug-likeness (QED) is 0.757. The van der Waals surface area contributed by atoms with Crippen LogP contribution < -0.4 is 9.47 Å². The molecule has 0 spiro atoms. The summed E-state index contributed by atoms with van der Waals surface area (Å²) >= 11 is 6.20. The first-order chi connectivity index (χ1) is 7.77. The highest BCUT2D eigenvalue weighted by atomic mass is 35.5. The van der Waals surface area contributed by atoms with Gasteiger partial charge in [-0.1, -0.05) is 11.6 Å². The molecule has 1 aliphatic heterocycles. The van der Waals surface area contributed by atoms with Crippen molar-refractivity contribution in [3.63, 3.8) is 0 Å². The van der Waals surface area contributed by atoms with Gasteiger partial charge >= 0.3 is 0 Å². The average Bonchev–Trinajstić information content (AvgIpc) is 2.30. The van der Waals surface area contributed by atoms with Crippen molar-refractivity contribution < 1.29 is 14.6 Å². The number of ether oxygens (including phenoxy) is 2. The summed E-state index contributed by atoms with van der Waals surface area (Å²) in [6, 6.07) is 1.80. The van der Waals surface area contributed by atoms with Crippen molar-refractivity contribution in [1.82, 2.24) is 0 Å². The molecule has 0 fully saturated rings. The van der Waals surface area contributed by atoms with Crippen LogP contribution >= 0.6 is 11.6 Å². The van der Waals surface area contributed by atoms with Gasteiger partial charge in [0.1, 0.15) is 13.2 Å². The summed E-state index contributed by atoms with van der Waals surface area (Å²) in [7, 11) is 0. The molecule has 0 saturated carbocycles. The minimum absolute atomic E-state index is 0.474. The van der Waals surface area contributed by atoms with Crippen molar-refractivity contribution in [2.75, 3.05) is 13.2 Å². The number of benzene rings is 1. The molecule has 0 saturated heterocycles. The molecule has 1 N–H and O–H groups in total. The molecular weight excluding hydrogens is 228 g/mol. The van der Waals surface area contributed by atoms with E-state index in [2.05, 4.69) is 0 Å². The van der Waals surface area contributed by atoms with E-state index in [0.717, 1.165) is 30.4 Å². The van der Waals surface area contributed by atoms with E-state index in [9.17, 15) is 5.11 Å². The molecule has 3 nitrogen and oxygen atoms in total. The number of rotatable bonds is 0. The second-order valence-corrected chi connectivity index (χ2v) is 4.59. The lowest BCUT2D eigenvalue weighted by Gasteiger charge is -2.29. The van der Waals surface area contributed by atoms with Crippen LogP contribution in [0.1, 0.15) is 30.1 Å². The van der Waals surface area contributed by atoms with Crippen LogP contribution in [0, 0.1) is 0 Å². The van der Waals surface area contributed by atoms with Gasteiger partial charge in [-0.15, -0.1) is 0 Å². The Balaban J connectivity index is 2.21. The fourth-order valence-corrected chi connectivity index (χ4v) is 2.74. The molecule has 1 atom stereocenters. The van der Waals surface area contributed by atoms with Crippen molar-refractivity contribution in [1.29, 1.82) is 0 Å². The van der Waals surface area contributed by atoms with Crippen molar-refractivity contribution in [2.24, 2.45) is 0 Å². The summed E-state index contributed by atoms with van der Waals surface area (Å²) in [5.41, 5.74) is 1.86. The average molecular weight is 241 g/mol. The predicted octanol–water partition coefficient (Wildman–Crippen LogP) is 2.48. The van der Waals surface area contributed by atoms with Gasteiger partial charge in [0.05, 0.1) is 6.10 Å². The molecule has 1 heterocycles. The highest BCUT2D eigenvalue weighted by molar-refractivity contribution is 6.31. The Labute approximate surface area is 98.9 Å². The maximum atomic E-state index is 10.0. The Morgan fingerprint density at radius 2 is 2.12 bits per heavy atom. The van der Waals surface area contributed by atoms with Crippen LogP contribution in [0.4, 0.5) is 0 Å². The van der Waals surface area contributed by atoms with Gasteiger partial charge in [-0.2, -0.15) is 0 Å². The summed E-state index contributed by atoms with van der Waals surface area (Å²) in [6.07, 6.45) is 2.16. The molecule has 86 valence electrons. The van der Waals surface area contributed by atoms with E-state index in [1.807, 2.05) is 0 Å². The number of halogens is 1. The molecule has 1 unspecified atom stereocenters. The van der Waals surface area contributed by atoms with Crippen LogP contribution in [-0.4, -0.2) is 18.3 Å². The van der Waals surface area contributed by atoms with E-state index in [-0.39, 0.29) is 0 Å². The molecule has 16 heavy (non-hydrogen) atoms. The number of fused-ring (bicyclic) bond motifs is 3. The van der Waals surface area contributed by atoms with Gasteiger partial charge in [-0.3, -0.25) is 0 Å². The Kier molecular flexibility index (Phi) is 2.45. The Morgan fingerprint density at radius 3 is 3.00 bits per heavy atom. The van der Waals surface area contributed by atoms with E-state index < -0.39 is 6.10 Å². The molecule has 4 heteroatoms. The van der Waals surface area contributed by atoms with Crippen LogP contribution in [0.2, 0.25) is 5.02 Å². The van der Waals surface area contributed by atoms with Crippen molar-refractivity contribution >= 4 is 11.6 Å². The Hall–Kier alpha value is -0.930. The summed E-state index contributed by atoms with van der Waals surface area (Å²) < 4.78 is 11.1. The predicted molar refractivity (Wildman–Crippen MR) is 60.3 cm³/mol. The fourth-order valence-electron chi connectivity index (χ4n) is 2.44. The zero-order valence-corrected chi connectivity index (χ0v) is 9.59. The maximum Gasteiger partial charge on any atom is 0.167 e. The number of aliphatic hydroxyl groups is 1. The van der Waals surface area contributed by atoms with Crippen LogP contribution in [0.25, 0.3) is 0 Å². The summed E-state index contributed by atoms with van der Waals surface area (Å²) in [4.78, 5) is 0. The van der Waals surface area contributed by atoms with E-state index in [4.69, 9.17) is 21.1 Å². The third-order valence-electron chi connectivity index (χ3n) is 3.16. The molecule has 0 bridgehead atoms.